The van der Waals surface area contributed by atoms with Gasteiger partial charge in [0.25, 0.3) is 5.56 Å². The highest BCUT2D eigenvalue weighted by molar-refractivity contribution is 7.21. The third-order valence-electron chi connectivity index (χ3n) is 5.81. The number of aliphatic carboxylic acids is 1. The predicted octanol–water partition coefficient (Wildman–Crippen LogP) is 3.87. The molecule has 0 saturated carbocycles. The highest BCUT2D eigenvalue weighted by Crippen LogP contribution is 2.34. The number of fused-ring (bicyclic) bond motifs is 1. The third-order valence-corrected chi connectivity index (χ3v) is 6.96. The van der Waals surface area contributed by atoms with Gasteiger partial charge in [0, 0.05) is 5.56 Å². The van der Waals surface area contributed by atoms with E-state index in [0.717, 1.165) is 15.9 Å². The number of hydrogen-bond acceptors (Lipinski definition) is 8. The van der Waals surface area contributed by atoms with E-state index in [9.17, 15) is 19.5 Å². The minimum atomic E-state index is -1.80. The molecule has 0 aliphatic heterocycles. The van der Waals surface area contributed by atoms with Crippen LogP contribution in [0.5, 0.6) is 5.75 Å². The zero-order chi connectivity index (χ0) is 26.2. The first-order valence-corrected chi connectivity index (χ1v) is 12.1. The molecule has 0 unspecified atom stereocenters. The molecule has 1 atom stereocenters. The SMILES string of the molecule is COc1ccccc1[C@H](Cn1c(=O)n(C(C)(C)C(=O)O)c(=O)c2cc(-c3ncco3)sc21)OC(C)C. The van der Waals surface area contributed by atoms with E-state index in [1.807, 2.05) is 32.0 Å². The molecular formula is C25H27N3O7S. The van der Waals surface area contributed by atoms with Crippen molar-refractivity contribution in [1.29, 1.82) is 0 Å². The summed E-state index contributed by atoms with van der Waals surface area (Å²) in [4.78, 5) is 44.4. The molecule has 0 bridgehead atoms. The molecule has 0 aliphatic carbocycles. The molecule has 3 heterocycles. The van der Waals surface area contributed by atoms with Gasteiger partial charge in [-0.05, 0) is 39.8 Å². The van der Waals surface area contributed by atoms with Crippen LogP contribution < -0.4 is 16.0 Å². The first-order chi connectivity index (χ1) is 17.1. The van der Waals surface area contributed by atoms with Crippen molar-refractivity contribution in [2.24, 2.45) is 0 Å². The van der Waals surface area contributed by atoms with Gasteiger partial charge in [-0.15, -0.1) is 11.3 Å². The Hall–Kier alpha value is -3.70. The van der Waals surface area contributed by atoms with Crippen LogP contribution in [-0.4, -0.2) is 38.4 Å². The van der Waals surface area contributed by atoms with Crippen molar-refractivity contribution in [3.63, 3.8) is 0 Å². The highest BCUT2D eigenvalue weighted by atomic mass is 32.1. The number of carboxylic acid groups (broad SMARTS) is 1. The Balaban J connectivity index is 2.01. The van der Waals surface area contributed by atoms with Gasteiger partial charge in [-0.3, -0.25) is 9.36 Å². The second-order valence-electron chi connectivity index (χ2n) is 8.98. The Morgan fingerprint density at radius 2 is 1.97 bits per heavy atom. The monoisotopic (exact) mass is 513 g/mol. The van der Waals surface area contributed by atoms with E-state index in [0.29, 0.717) is 26.9 Å². The van der Waals surface area contributed by atoms with Crippen LogP contribution in [0.4, 0.5) is 0 Å². The van der Waals surface area contributed by atoms with Gasteiger partial charge in [0.05, 0.1) is 36.2 Å². The molecule has 11 heteroatoms. The van der Waals surface area contributed by atoms with Crippen LogP contribution in [0.1, 0.15) is 39.4 Å². The average molecular weight is 514 g/mol. The fourth-order valence-electron chi connectivity index (χ4n) is 3.99. The lowest BCUT2D eigenvalue weighted by Crippen LogP contribution is -2.52. The Kier molecular flexibility index (Phi) is 6.87. The number of carbonyl (C=O) groups is 1. The number of nitrogens with zero attached hydrogens (tertiary/aromatic N) is 3. The van der Waals surface area contributed by atoms with Crippen LogP contribution in [0.25, 0.3) is 21.0 Å². The summed E-state index contributed by atoms with van der Waals surface area (Å²) in [6, 6.07) is 8.88. The van der Waals surface area contributed by atoms with E-state index in [1.165, 1.54) is 30.9 Å². The highest BCUT2D eigenvalue weighted by Gasteiger charge is 2.35. The van der Waals surface area contributed by atoms with Gasteiger partial charge < -0.3 is 19.0 Å². The van der Waals surface area contributed by atoms with Crippen LogP contribution in [0.2, 0.25) is 0 Å². The first kappa shape index (κ1) is 25.4. The summed E-state index contributed by atoms with van der Waals surface area (Å²) in [5, 5.41) is 10.0. The lowest BCUT2D eigenvalue weighted by Gasteiger charge is -2.26. The number of thiophene rings is 1. The van der Waals surface area contributed by atoms with Crippen LogP contribution in [0, 0.1) is 0 Å². The zero-order valence-electron chi connectivity index (χ0n) is 20.5. The summed E-state index contributed by atoms with van der Waals surface area (Å²) >= 11 is 1.16. The van der Waals surface area contributed by atoms with Crippen molar-refractivity contribution in [2.45, 2.75) is 52.0 Å². The topological polar surface area (TPSA) is 126 Å². The summed E-state index contributed by atoms with van der Waals surface area (Å²) in [7, 11) is 1.55. The lowest BCUT2D eigenvalue weighted by atomic mass is 10.1. The molecule has 0 fully saturated rings. The standard InChI is InChI=1S/C25H27N3O7S/c1-14(2)35-18(15-8-6-7-9-17(15)33-5)13-27-22-16(12-19(36-22)20-26-10-11-34-20)21(29)28(24(27)32)25(3,4)23(30)31/h6-12,14,18H,13H2,1-5H3,(H,30,31)/t18-/m0/s1. The summed E-state index contributed by atoms with van der Waals surface area (Å²) in [6.45, 7) is 6.40. The largest absolute Gasteiger partial charge is 0.496 e. The Labute approximate surface area is 210 Å². The van der Waals surface area contributed by atoms with E-state index < -0.39 is 28.9 Å². The minimum Gasteiger partial charge on any atom is -0.496 e. The van der Waals surface area contributed by atoms with Crippen LogP contribution in [-0.2, 0) is 21.6 Å². The van der Waals surface area contributed by atoms with E-state index in [4.69, 9.17) is 13.9 Å². The molecule has 0 spiro atoms. The Bertz CT molecular complexity index is 1510. The van der Waals surface area contributed by atoms with E-state index in [2.05, 4.69) is 4.98 Å². The number of methoxy groups -OCH3 is 1. The summed E-state index contributed by atoms with van der Waals surface area (Å²) in [5.41, 5.74) is -2.54. The van der Waals surface area contributed by atoms with Gasteiger partial charge in [0.2, 0.25) is 5.89 Å². The normalized spacial score (nSPS) is 12.8. The van der Waals surface area contributed by atoms with Crippen LogP contribution in [0.15, 0.2) is 56.8 Å². The molecule has 190 valence electrons. The zero-order valence-corrected chi connectivity index (χ0v) is 21.4. The fourth-order valence-corrected chi connectivity index (χ4v) is 5.08. The van der Waals surface area contributed by atoms with Gasteiger partial charge in [-0.2, -0.15) is 0 Å². The van der Waals surface area contributed by atoms with Crippen molar-refractivity contribution in [2.75, 3.05) is 7.11 Å². The summed E-state index contributed by atoms with van der Waals surface area (Å²) < 4.78 is 19.3. The molecule has 1 N–H and O–H groups in total. The van der Waals surface area contributed by atoms with Gasteiger partial charge in [0.15, 0.2) is 0 Å². The minimum absolute atomic E-state index is 0.00933. The molecule has 0 amide bonds. The second-order valence-corrected chi connectivity index (χ2v) is 10.0. The van der Waals surface area contributed by atoms with Crippen LogP contribution in [0.3, 0.4) is 0 Å². The molecule has 36 heavy (non-hydrogen) atoms. The lowest BCUT2D eigenvalue weighted by molar-refractivity contribution is -0.146. The molecule has 0 aliphatic rings. The van der Waals surface area contributed by atoms with Gasteiger partial charge in [-0.1, -0.05) is 18.2 Å². The molecule has 1 aromatic carbocycles. The Morgan fingerprint density at radius 1 is 1.25 bits per heavy atom. The number of rotatable bonds is 9. The molecule has 4 aromatic rings. The predicted molar refractivity (Wildman–Crippen MR) is 135 cm³/mol. The molecule has 0 saturated heterocycles. The van der Waals surface area contributed by atoms with Gasteiger partial charge >= 0.3 is 11.7 Å². The van der Waals surface area contributed by atoms with Crippen LogP contribution >= 0.6 is 11.3 Å². The van der Waals surface area contributed by atoms with Gasteiger partial charge in [-0.25, -0.2) is 19.1 Å². The smallest absolute Gasteiger partial charge is 0.333 e. The molecule has 0 radical (unpaired) electrons. The quantitative estimate of drug-likeness (QED) is 0.357. The number of oxazole rings is 1. The summed E-state index contributed by atoms with van der Waals surface area (Å²) in [6.07, 6.45) is 2.06. The molecule has 3 aromatic heterocycles. The number of ether oxygens (including phenoxy) is 2. The first-order valence-electron chi connectivity index (χ1n) is 11.3. The maximum absolute atomic E-state index is 13.8. The van der Waals surface area contributed by atoms with E-state index in [1.54, 1.807) is 19.2 Å². The number of hydrogen-bond donors (Lipinski definition) is 1. The van der Waals surface area contributed by atoms with Crippen molar-refractivity contribution in [1.82, 2.24) is 14.1 Å². The third kappa shape index (κ3) is 4.47. The summed E-state index contributed by atoms with van der Waals surface area (Å²) in [5.74, 6) is -0.438. The van der Waals surface area contributed by atoms with Crippen molar-refractivity contribution < 1.29 is 23.8 Å². The number of aromatic nitrogens is 3. The fraction of sp³-hybridized carbons (Fsp3) is 0.360. The van der Waals surface area contributed by atoms with Crippen molar-refractivity contribution >= 4 is 27.5 Å². The average Bonchev–Trinajstić information content (AvgIpc) is 3.51. The number of para-hydroxylation sites is 1. The number of benzene rings is 1. The molecular weight excluding hydrogens is 486 g/mol. The van der Waals surface area contributed by atoms with Crippen molar-refractivity contribution in [3.05, 3.63) is 69.2 Å². The van der Waals surface area contributed by atoms with Crippen molar-refractivity contribution in [3.8, 4) is 16.5 Å². The van der Waals surface area contributed by atoms with E-state index in [-0.39, 0.29) is 18.0 Å². The molecule has 10 nitrogen and oxygen atoms in total. The van der Waals surface area contributed by atoms with Gasteiger partial charge in [0.1, 0.15) is 28.5 Å². The molecule has 4 rings (SSSR count). The second kappa shape index (κ2) is 9.75. The number of carboxylic acids is 1. The maximum Gasteiger partial charge on any atom is 0.333 e. The maximum atomic E-state index is 13.8. The Morgan fingerprint density at radius 3 is 2.58 bits per heavy atom. The van der Waals surface area contributed by atoms with E-state index >= 15 is 0 Å².